The second-order valence-electron chi connectivity index (χ2n) is 8.70. The number of nitrogens with zero attached hydrogens (tertiary/aromatic N) is 4. The van der Waals surface area contributed by atoms with Gasteiger partial charge in [0.15, 0.2) is 11.0 Å². The third-order valence-electron chi connectivity index (χ3n) is 5.68. The summed E-state index contributed by atoms with van der Waals surface area (Å²) < 4.78 is 1.98. The lowest BCUT2D eigenvalue weighted by Gasteiger charge is -2.16. The monoisotopic (exact) mass is 513 g/mol. The van der Waals surface area contributed by atoms with E-state index in [1.807, 2.05) is 48.7 Å². The van der Waals surface area contributed by atoms with Crippen LogP contribution in [0.1, 0.15) is 41.0 Å². The summed E-state index contributed by atoms with van der Waals surface area (Å²) in [7, 11) is 0. The molecule has 1 N–H and O–H groups in total. The van der Waals surface area contributed by atoms with Crippen LogP contribution in [0.4, 0.5) is 5.69 Å². The molecular weight excluding hydrogens is 486 g/mol. The first-order valence-corrected chi connectivity index (χ1v) is 12.7. The predicted octanol–water partition coefficient (Wildman–Crippen LogP) is 5.98. The number of carbonyl (C=O) groups excluding carboxylic acids is 1. The molecule has 0 aliphatic heterocycles. The summed E-state index contributed by atoms with van der Waals surface area (Å²) in [5.41, 5.74) is 5.15. The lowest BCUT2D eigenvalue weighted by molar-refractivity contribution is -0.384. The highest BCUT2D eigenvalue weighted by Gasteiger charge is 2.20. The van der Waals surface area contributed by atoms with Crippen molar-refractivity contribution in [2.24, 2.45) is 0 Å². The minimum atomic E-state index is -0.459. The maximum atomic E-state index is 12.6. The molecule has 0 bridgehead atoms. The minimum absolute atomic E-state index is 0.00161. The first kappa shape index (κ1) is 25.8. The highest BCUT2D eigenvalue weighted by Crippen LogP contribution is 2.28. The van der Waals surface area contributed by atoms with Gasteiger partial charge in [-0.05, 0) is 62.2 Å². The molecule has 1 unspecified atom stereocenters. The Labute approximate surface area is 219 Å². The van der Waals surface area contributed by atoms with Crippen LogP contribution in [0.2, 0.25) is 0 Å². The average Bonchev–Trinajstić information content (AvgIpc) is 3.31. The van der Waals surface area contributed by atoms with Crippen LogP contribution in [0.25, 0.3) is 11.8 Å². The van der Waals surface area contributed by atoms with E-state index in [-0.39, 0.29) is 11.6 Å². The number of amides is 1. The summed E-state index contributed by atoms with van der Waals surface area (Å²) >= 11 is 1.59. The zero-order chi connectivity index (χ0) is 26.4. The van der Waals surface area contributed by atoms with Gasteiger partial charge in [-0.2, -0.15) is 0 Å². The van der Waals surface area contributed by atoms with Gasteiger partial charge < -0.3 is 5.32 Å². The molecule has 0 spiro atoms. The van der Waals surface area contributed by atoms with Gasteiger partial charge in [-0.3, -0.25) is 19.5 Å². The Morgan fingerprint density at radius 3 is 2.46 bits per heavy atom. The molecule has 188 valence electrons. The van der Waals surface area contributed by atoms with Crippen molar-refractivity contribution >= 4 is 29.4 Å². The van der Waals surface area contributed by atoms with E-state index in [1.165, 1.54) is 29.3 Å². The Kier molecular flexibility index (Phi) is 8.15. The summed E-state index contributed by atoms with van der Waals surface area (Å²) in [5, 5.41) is 23.4. The fourth-order valence-corrected chi connectivity index (χ4v) is 4.65. The van der Waals surface area contributed by atoms with Gasteiger partial charge in [-0.25, -0.2) is 0 Å². The molecule has 4 rings (SSSR count). The Hall–Kier alpha value is -4.24. The van der Waals surface area contributed by atoms with Crippen molar-refractivity contribution in [3.05, 3.63) is 117 Å². The van der Waals surface area contributed by atoms with E-state index in [0.717, 1.165) is 22.2 Å². The molecule has 1 amide bonds. The lowest BCUT2D eigenvalue weighted by Crippen LogP contribution is -2.27. The molecule has 37 heavy (non-hydrogen) atoms. The van der Waals surface area contributed by atoms with Gasteiger partial charge in [0, 0.05) is 29.6 Å². The number of nitro groups is 1. The van der Waals surface area contributed by atoms with E-state index in [4.69, 9.17) is 0 Å². The van der Waals surface area contributed by atoms with Crippen molar-refractivity contribution < 1.29 is 9.72 Å². The van der Waals surface area contributed by atoms with E-state index in [2.05, 4.69) is 40.6 Å². The summed E-state index contributed by atoms with van der Waals surface area (Å²) in [6, 6.07) is 22.0. The van der Waals surface area contributed by atoms with E-state index < -0.39 is 11.0 Å². The van der Waals surface area contributed by atoms with Crippen LogP contribution in [0.15, 0.2) is 84.0 Å². The maximum absolute atomic E-state index is 12.6. The highest BCUT2D eigenvalue weighted by molar-refractivity contribution is 7.98. The number of non-ortho nitro benzene ring substituents is 1. The predicted molar refractivity (Wildman–Crippen MR) is 146 cm³/mol. The van der Waals surface area contributed by atoms with E-state index in [1.54, 1.807) is 30.0 Å². The number of nitrogens with one attached hydrogen (secondary N) is 1. The Bertz CT molecular complexity index is 1430. The number of hydrogen-bond donors (Lipinski definition) is 1. The lowest BCUT2D eigenvalue weighted by atomic mass is 10.2. The van der Waals surface area contributed by atoms with Crippen LogP contribution in [-0.4, -0.2) is 25.6 Å². The van der Waals surface area contributed by atoms with Gasteiger partial charge in [0.2, 0.25) is 5.91 Å². The van der Waals surface area contributed by atoms with Gasteiger partial charge in [0.05, 0.1) is 11.0 Å². The van der Waals surface area contributed by atoms with Crippen LogP contribution in [0.3, 0.4) is 0 Å². The average molecular weight is 514 g/mol. The van der Waals surface area contributed by atoms with Gasteiger partial charge in [-0.15, -0.1) is 10.2 Å². The minimum Gasteiger partial charge on any atom is -0.343 e. The van der Waals surface area contributed by atoms with E-state index >= 15 is 0 Å². The number of aryl methyl sites for hydroxylation is 2. The van der Waals surface area contributed by atoms with Gasteiger partial charge in [0.1, 0.15) is 0 Å². The fourth-order valence-electron chi connectivity index (χ4n) is 3.75. The molecule has 0 aliphatic carbocycles. The Morgan fingerprint density at radius 1 is 1.05 bits per heavy atom. The number of aromatic nitrogens is 3. The number of thioether (sulfide) groups is 1. The molecule has 0 saturated carbocycles. The summed E-state index contributed by atoms with van der Waals surface area (Å²) in [5.74, 6) is 1.05. The van der Waals surface area contributed by atoms with Crippen molar-refractivity contribution in [3.8, 4) is 5.69 Å². The molecule has 1 atom stereocenters. The zero-order valence-corrected chi connectivity index (χ0v) is 21.6. The third-order valence-corrected chi connectivity index (χ3v) is 6.68. The van der Waals surface area contributed by atoms with Gasteiger partial charge in [0.25, 0.3) is 5.69 Å². The van der Waals surface area contributed by atoms with Crippen LogP contribution in [-0.2, 0) is 10.5 Å². The van der Waals surface area contributed by atoms with Crippen LogP contribution < -0.4 is 5.32 Å². The Morgan fingerprint density at radius 2 is 1.78 bits per heavy atom. The number of nitro benzene ring substituents is 1. The molecule has 1 aromatic heterocycles. The van der Waals surface area contributed by atoms with Crippen molar-refractivity contribution in [2.45, 2.75) is 37.7 Å². The maximum Gasteiger partial charge on any atom is 0.269 e. The molecule has 1 heterocycles. The topological polar surface area (TPSA) is 103 Å². The molecular formula is C28H27N5O3S. The number of hydrogen-bond acceptors (Lipinski definition) is 6. The molecule has 0 saturated heterocycles. The molecule has 0 fully saturated rings. The second-order valence-corrected chi connectivity index (χ2v) is 9.64. The molecule has 4 aromatic rings. The standard InChI is InChI=1S/C28H27N5O3S/c1-19-7-12-24(13-8-19)32-27(30-31-28(32)37-18-23-6-4-5-20(2)17-23)21(3)29-26(34)16-11-22-9-14-25(15-10-22)33(35)36/h4-17,21H,18H2,1-3H3,(H,29,34). The Balaban J connectivity index is 1.52. The fraction of sp³-hybridized carbons (Fsp3) is 0.179. The molecule has 8 nitrogen and oxygen atoms in total. The first-order valence-electron chi connectivity index (χ1n) is 11.7. The SMILES string of the molecule is Cc1ccc(-n2c(SCc3cccc(C)c3)nnc2C(C)NC(=O)C=Cc2ccc([N+](=O)[O-])cc2)cc1. The van der Waals surface area contributed by atoms with Crippen LogP contribution >= 0.6 is 11.8 Å². The molecule has 0 radical (unpaired) electrons. The van der Waals surface area contributed by atoms with Crippen molar-refractivity contribution in [1.82, 2.24) is 20.1 Å². The van der Waals surface area contributed by atoms with Crippen molar-refractivity contribution in [2.75, 3.05) is 0 Å². The highest BCUT2D eigenvalue weighted by atomic mass is 32.2. The summed E-state index contributed by atoms with van der Waals surface area (Å²) in [6.07, 6.45) is 3.01. The van der Waals surface area contributed by atoms with Crippen LogP contribution in [0.5, 0.6) is 0 Å². The number of benzene rings is 3. The van der Waals surface area contributed by atoms with Crippen molar-refractivity contribution in [1.29, 1.82) is 0 Å². The van der Waals surface area contributed by atoms with Crippen molar-refractivity contribution in [3.63, 3.8) is 0 Å². The number of carbonyl (C=O) groups is 1. The zero-order valence-electron chi connectivity index (χ0n) is 20.8. The molecule has 3 aromatic carbocycles. The van der Waals surface area contributed by atoms with Crippen LogP contribution in [0, 0.1) is 24.0 Å². The quantitative estimate of drug-likeness (QED) is 0.128. The second kappa shape index (κ2) is 11.7. The number of rotatable bonds is 9. The van der Waals surface area contributed by atoms with Gasteiger partial charge >= 0.3 is 0 Å². The largest absolute Gasteiger partial charge is 0.343 e. The smallest absolute Gasteiger partial charge is 0.269 e. The van der Waals surface area contributed by atoms with E-state index in [9.17, 15) is 14.9 Å². The van der Waals surface area contributed by atoms with E-state index in [0.29, 0.717) is 11.4 Å². The summed E-state index contributed by atoms with van der Waals surface area (Å²) in [4.78, 5) is 23.0. The normalized spacial score (nSPS) is 12.0. The summed E-state index contributed by atoms with van der Waals surface area (Å²) in [6.45, 7) is 5.97. The molecule has 9 heteroatoms. The van der Waals surface area contributed by atoms with Gasteiger partial charge in [-0.1, -0.05) is 59.3 Å². The third kappa shape index (κ3) is 6.71. The molecule has 0 aliphatic rings. The first-order chi connectivity index (χ1) is 17.8.